The molecule has 8 heteroatoms. The van der Waals surface area contributed by atoms with Crippen molar-refractivity contribution in [1.29, 1.82) is 0 Å². The standard InChI is InChI=1S/C13H21N3O4S/c1-4-10(5-2)9(3)15-21(19,20)13-8-11(14)6-7-12(13)16(17)18/h6-10,15H,4-5,14H2,1-3H3. The number of nitro groups is 1. The average Bonchev–Trinajstić information content (AvgIpc) is 2.39. The second-order valence-electron chi connectivity index (χ2n) is 4.97. The number of hydrogen-bond donors (Lipinski definition) is 2. The highest BCUT2D eigenvalue weighted by molar-refractivity contribution is 7.89. The fourth-order valence-electron chi connectivity index (χ4n) is 2.30. The number of nitro benzene ring substituents is 1. The van der Waals surface area contributed by atoms with E-state index in [1.54, 1.807) is 6.92 Å². The van der Waals surface area contributed by atoms with Gasteiger partial charge in [-0.15, -0.1) is 0 Å². The molecule has 0 bridgehead atoms. The van der Waals surface area contributed by atoms with Gasteiger partial charge in [0.15, 0.2) is 4.90 Å². The van der Waals surface area contributed by atoms with E-state index >= 15 is 0 Å². The first-order chi connectivity index (χ1) is 9.72. The van der Waals surface area contributed by atoms with Crippen molar-refractivity contribution >= 4 is 21.4 Å². The summed E-state index contributed by atoms with van der Waals surface area (Å²) in [6.07, 6.45) is 1.64. The molecule has 0 aliphatic rings. The van der Waals surface area contributed by atoms with Crippen LogP contribution in [-0.2, 0) is 10.0 Å². The molecular weight excluding hydrogens is 294 g/mol. The van der Waals surface area contributed by atoms with Crippen LogP contribution in [0.5, 0.6) is 0 Å². The van der Waals surface area contributed by atoms with Crippen LogP contribution in [0.15, 0.2) is 23.1 Å². The highest BCUT2D eigenvalue weighted by atomic mass is 32.2. The first-order valence-electron chi connectivity index (χ1n) is 6.79. The molecule has 0 saturated carbocycles. The minimum atomic E-state index is -3.99. The number of rotatable bonds is 7. The molecule has 0 fully saturated rings. The Balaban J connectivity index is 3.19. The lowest BCUT2D eigenvalue weighted by Crippen LogP contribution is -2.38. The van der Waals surface area contributed by atoms with E-state index in [4.69, 9.17) is 5.73 Å². The lowest BCUT2D eigenvalue weighted by molar-refractivity contribution is -0.387. The summed E-state index contributed by atoms with van der Waals surface area (Å²) in [4.78, 5) is 9.86. The van der Waals surface area contributed by atoms with Crippen molar-refractivity contribution in [2.75, 3.05) is 5.73 Å². The summed E-state index contributed by atoms with van der Waals surface area (Å²) < 4.78 is 27.3. The molecule has 3 N–H and O–H groups in total. The molecule has 7 nitrogen and oxygen atoms in total. The van der Waals surface area contributed by atoms with Gasteiger partial charge in [0.2, 0.25) is 10.0 Å². The van der Waals surface area contributed by atoms with Gasteiger partial charge in [0, 0.05) is 17.8 Å². The molecule has 0 aliphatic heterocycles. The molecule has 1 atom stereocenters. The Morgan fingerprint density at radius 1 is 1.33 bits per heavy atom. The number of benzene rings is 1. The topological polar surface area (TPSA) is 115 Å². The van der Waals surface area contributed by atoms with E-state index in [2.05, 4.69) is 4.72 Å². The van der Waals surface area contributed by atoms with Crippen molar-refractivity contribution in [1.82, 2.24) is 4.72 Å². The van der Waals surface area contributed by atoms with Crippen LogP contribution in [0, 0.1) is 16.0 Å². The molecule has 0 aliphatic carbocycles. The van der Waals surface area contributed by atoms with Gasteiger partial charge in [-0.25, -0.2) is 13.1 Å². The van der Waals surface area contributed by atoms with Crippen molar-refractivity contribution < 1.29 is 13.3 Å². The number of sulfonamides is 1. The smallest absolute Gasteiger partial charge is 0.289 e. The van der Waals surface area contributed by atoms with Crippen molar-refractivity contribution in [3.8, 4) is 0 Å². The third-order valence-electron chi connectivity index (χ3n) is 3.57. The minimum absolute atomic E-state index is 0.163. The van der Waals surface area contributed by atoms with Gasteiger partial charge in [-0.2, -0.15) is 0 Å². The largest absolute Gasteiger partial charge is 0.399 e. The third-order valence-corrected chi connectivity index (χ3v) is 5.16. The van der Waals surface area contributed by atoms with Crippen molar-refractivity contribution in [3.05, 3.63) is 28.3 Å². The second-order valence-corrected chi connectivity index (χ2v) is 6.65. The predicted octanol–water partition coefficient (Wildman–Crippen LogP) is 2.28. The van der Waals surface area contributed by atoms with E-state index in [1.165, 1.54) is 6.07 Å². The monoisotopic (exact) mass is 315 g/mol. The normalized spacial score (nSPS) is 13.3. The van der Waals surface area contributed by atoms with Crippen LogP contribution in [-0.4, -0.2) is 19.4 Å². The minimum Gasteiger partial charge on any atom is -0.399 e. The quantitative estimate of drug-likeness (QED) is 0.455. The number of anilines is 1. The van der Waals surface area contributed by atoms with Gasteiger partial charge in [0.25, 0.3) is 5.69 Å². The van der Waals surface area contributed by atoms with Gasteiger partial charge >= 0.3 is 0 Å². The Bertz CT molecular complexity index is 612. The number of nitrogens with one attached hydrogen (secondary N) is 1. The maximum Gasteiger partial charge on any atom is 0.289 e. The van der Waals surface area contributed by atoms with Crippen LogP contribution < -0.4 is 10.5 Å². The van der Waals surface area contributed by atoms with Crippen molar-refractivity contribution in [2.24, 2.45) is 5.92 Å². The van der Waals surface area contributed by atoms with Crippen LogP contribution in [0.1, 0.15) is 33.6 Å². The van der Waals surface area contributed by atoms with Gasteiger partial charge in [0.05, 0.1) is 4.92 Å². The Morgan fingerprint density at radius 3 is 2.38 bits per heavy atom. The van der Waals surface area contributed by atoms with E-state index in [9.17, 15) is 18.5 Å². The van der Waals surface area contributed by atoms with E-state index in [1.807, 2.05) is 13.8 Å². The zero-order chi connectivity index (χ0) is 16.2. The van der Waals surface area contributed by atoms with Crippen LogP contribution in [0.4, 0.5) is 11.4 Å². The summed E-state index contributed by atoms with van der Waals surface area (Å²) >= 11 is 0. The van der Waals surface area contributed by atoms with Gasteiger partial charge in [-0.05, 0) is 25.0 Å². The van der Waals surface area contributed by atoms with E-state index in [0.717, 1.165) is 25.0 Å². The summed E-state index contributed by atoms with van der Waals surface area (Å²) in [5, 5.41) is 11.0. The first kappa shape index (κ1) is 17.4. The molecular formula is C13H21N3O4S. The summed E-state index contributed by atoms with van der Waals surface area (Å²) in [6.45, 7) is 5.71. The Hall–Kier alpha value is -1.67. The molecule has 0 radical (unpaired) electrons. The van der Waals surface area contributed by atoms with Crippen LogP contribution in [0.2, 0.25) is 0 Å². The van der Waals surface area contributed by atoms with Gasteiger partial charge in [0.1, 0.15) is 0 Å². The highest BCUT2D eigenvalue weighted by Gasteiger charge is 2.28. The zero-order valence-electron chi connectivity index (χ0n) is 12.4. The fraction of sp³-hybridized carbons (Fsp3) is 0.538. The van der Waals surface area contributed by atoms with Crippen molar-refractivity contribution in [3.63, 3.8) is 0 Å². The van der Waals surface area contributed by atoms with Gasteiger partial charge in [-0.1, -0.05) is 26.7 Å². The molecule has 0 amide bonds. The lowest BCUT2D eigenvalue weighted by atomic mass is 9.96. The van der Waals surface area contributed by atoms with Gasteiger partial charge < -0.3 is 5.73 Å². The Kier molecular flexibility index (Phi) is 5.68. The van der Waals surface area contributed by atoms with Crippen LogP contribution >= 0.6 is 0 Å². The lowest BCUT2D eigenvalue weighted by Gasteiger charge is -2.22. The Morgan fingerprint density at radius 2 is 1.90 bits per heavy atom. The van der Waals surface area contributed by atoms with Crippen LogP contribution in [0.25, 0.3) is 0 Å². The summed E-state index contributed by atoms with van der Waals surface area (Å²) in [5.41, 5.74) is 5.24. The molecule has 0 aromatic heterocycles. The molecule has 1 rings (SSSR count). The average molecular weight is 315 g/mol. The maximum atomic E-state index is 12.4. The van der Waals surface area contributed by atoms with E-state index in [0.29, 0.717) is 0 Å². The highest BCUT2D eigenvalue weighted by Crippen LogP contribution is 2.26. The molecule has 0 spiro atoms. The maximum absolute atomic E-state index is 12.4. The van der Waals surface area contributed by atoms with E-state index in [-0.39, 0.29) is 17.6 Å². The summed E-state index contributed by atoms with van der Waals surface area (Å²) in [6, 6.07) is 3.21. The number of hydrogen-bond acceptors (Lipinski definition) is 5. The summed E-state index contributed by atoms with van der Waals surface area (Å²) in [5.74, 6) is 0.167. The molecule has 1 unspecified atom stereocenters. The molecule has 118 valence electrons. The zero-order valence-corrected chi connectivity index (χ0v) is 13.2. The number of nitrogens with two attached hydrogens (primary N) is 1. The molecule has 0 heterocycles. The molecule has 21 heavy (non-hydrogen) atoms. The SMILES string of the molecule is CCC(CC)C(C)NS(=O)(=O)c1cc(N)ccc1[N+](=O)[O-]. The first-order valence-corrected chi connectivity index (χ1v) is 8.27. The van der Waals surface area contributed by atoms with Gasteiger partial charge in [-0.3, -0.25) is 10.1 Å². The predicted molar refractivity (Wildman–Crippen MR) is 81.4 cm³/mol. The molecule has 1 aromatic rings. The molecule has 0 saturated heterocycles. The number of nitrogens with zero attached hydrogens (tertiary/aromatic N) is 1. The Labute approximate surface area is 124 Å². The second kappa shape index (κ2) is 6.86. The van der Waals surface area contributed by atoms with Crippen LogP contribution in [0.3, 0.4) is 0 Å². The number of nitrogen functional groups attached to an aromatic ring is 1. The molecule has 1 aromatic carbocycles. The van der Waals surface area contributed by atoms with Crippen molar-refractivity contribution in [2.45, 2.75) is 44.6 Å². The van der Waals surface area contributed by atoms with E-state index < -0.39 is 25.5 Å². The fourth-order valence-corrected chi connectivity index (χ4v) is 3.82. The summed E-state index contributed by atoms with van der Waals surface area (Å²) in [7, 11) is -3.99. The third kappa shape index (κ3) is 4.15.